The molecule has 0 saturated carbocycles. The molecule has 26 heavy (non-hydrogen) atoms. The number of rotatable bonds is 5. The Labute approximate surface area is 154 Å². The van der Waals surface area contributed by atoms with E-state index in [0.717, 1.165) is 43.0 Å². The first-order valence-electron chi connectivity index (χ1n) is 9.06. The number of para-hydroxylation sites is 1. The van der Waals surface area contributed by atoms with Gasteiger partial charge in [0.25, 0.3) is 0 Å². The average Bonchev–Trinajstić information content (AvgIpc) is 3.05. The summed E-state index contributed by atoms with van der Waals surface area (Å²) >= 11 is 0. The van der Waals surface area contributed by atoms with Crippen LogP contribution in [0, 0.1) is 20.8 Å². The standard InChI is InChI=1S/C19H27N5O2/c1-13-6-5-7-14(2)18(13)21-17(25)12-23-8-10-24(11-9-23)15(3)19-20-16(4)22-26-19/h5-7,15H,8-12H2,1-4H3,(H,21,25)/t15-/m1/s1. The van der Waals surface area contributed by atoms with Crippen molar-refractivity contribution in [3.8, 4) is 0 Å². The highest BCUT2D eigenvalue weighted by Crippen LogP contribution is 2.21. The second kappa shape index (κ2) is 7.97. The fraction of sp³-hybridized carbons (Fsp3) is 0.526. The minimum atomic E-state index is 0.0384. The summed E-state index contributed by atoms with van der Waals surface area (Å²) < 4.78 is 5.28. The van der Waals surface area contributed by atoms with Gasteiger partial charge >= 0.3 is 0 Å². The highest BCUT2D eigenvalue weighted by atomic mass is 16.5. The molecule has 2 aromatic rings. The molecular weight excluding hydrogens is 330 g/mol. The lowest BCUT2D eigenvalue weighted by Gasteiger charge is -2.36. The van der Waals surface area contributed by atoms with Gasteiger partial charge in [0.15, 0.2) is 5.82 Å². The molecule has 1 aliphatic heterocycles. The van der Waals surface area contributed by atoms with Gasteiger partial charge in [0.2, 0.25) is 11.8 Å². The topological polar surface area (TPSA) is 74.5 Å². The van der Waals surface area contributed by atoms with E-state index in [0.29, 0.717) is 18.3 Å². The van der Waals surface area contributed by atoms with Crippen LogP contribution < -0.4 is 5.32 Å². The monoisotopic (exact) mass is 357 g/mol. The van der Waals surface area contributed by atoms with Crippen molar-refractivity contribution in [2.45, 2.75) is 33.7 Å². The van der Waals surface area contributed by atoms with Crippen molar-refractivity contribution in [3.63, 3.8) is 0 Å². The summed E-state index contributed by atoms with van der Waals surface area (Å²) in [6.07, 6.45) is 0. The van der Waals surface area contributed by atoms with E-state index < -0.39 is 0 Å². The van der Waals surface area contributed by atoms with E-state index in [1.54, 1.807) is 0 Å². The minimum absolute atomic E-state index is 0.0384. The van der Waals surface area contributed by atoms with Crippen LogP contribution in [-0.4, -0.2) is 58.6 Å². The molecule has 3 rings (SSSR count). The second-order valence-corrected chi connectivity index (χ2v) is 6.98. The van der Waals surface area contributed by atoms with Crippen molar-refractivity contribution in [2.24, 2.45) is 0 Å². The lowest BCUT2D eigenvalue weighted by atomic mass is 10.1. The number of nitrogens with one attached hydrogen (secondary N) is 1. The third-order valence-corrected chi connectivity index (χ3v) is 4.97. The van der Waals surface area contributed by atoms with Gasteiger partial charge in [0.1, 0.15) is 0 Å². The maximum absolute atomic E-state index is 12.4. The zero-order valence-electron chi connectivity index (χ0n) is 16.0. The quantitative estimate of drug-likeness (QED) is 0.885. The summed E-state index contributed by atoms with van der Waals surface area (Å²) in [4.78, 5) is 21.2. The number of hydrogen-bond acceptors (Lipinski definition) is 6. The third-order valence-electron chi connectivity index (χ3n) is 4.97. The molecule has 0 spiro atoms. The van der Waals surface area contributed by atoms with Crippen LogP contribution in [0.15, 0.2) is 22.7 Å². The van der Waals surface area contributed by atoms with Gasteiger partial charge in [-0.05, 0) is 38.8 Å². The third kappa shape index (κ3) is 4.28. The molecule has 0 bridgehead atoms. The summed E-state index contributed by atoms with van der Waals surface area (Å²) in [5, 5.41) is 6.93. The van der Waals surface area contributed by atoms with Crippen LogP contribution in [0.3, 0.4) is 0 Å². The van der Waals surface area contributed by atoms with Crippen LogP contribution in [-0.2, 0) is 4.79 Å². The molecule has 7 heteroatoms. The Hall–Kier alpha value is -2.25. The first kappa shape index (κ1) is 18.5. The van der Waals surface area contributed by atoms with Gasteiger partial charge in [-0.3, -0.25) is 14.6 Å². The largest absolute Gasteiger partial charge is 0.338 e. The Bertz CT molecular complexity index is 745. The zero-order valence-corrected chi connectivity index (χ0v) is 16.0. The molecule has 1 fully saturated rings. The molecule has 2 heterocycles. The van der Waals surface area contributed by atoms with Crippen LogP contribution >= 0.6 is 0 Å². The van der Waals surface area contributed by atoms with Gasteiger partial charge in [-0.25, -0.2) is 0 Å². The SMILES string of the molecule is Cc1noc([C@@H](C)N2CCN(CC(=O)Nc3c(C)cccc3C)CC2)n1. The van der Waals surface area contributed by atoms with Crippen molar-refractivity contribution < 1.29 is 9.32 Å². The number of amides is 1. The Morgan fingerprint density at radius 3 is 2.42 bits per heavy atom. The number of aryl methyl sites for hydroxylation is 3. The van der Waals surface area contributed by atoms with Crippen molar-refractivity contribution in [1.82, 2.24) is 19.9 Å². The van der Waals surface area contributed by atoms with E-state index in [1.165, 1.54) is 0 Å². The molecule has 1 N–H and O–H groups in total. The Kier molecular flexibility index (Phi) is 5.68. The maximum atomic E-state index is 12.4. The zero-order chi connectivity index (χ0) is 18.7. The number of carbonyl (C=O) groups excluding carboxylic acids is 1. The number of nitrogens with zero attached hydrogens (tertiary/aromatic N) is 4. The molecule has 1 aromatic carbocycles. The summed E-state index contributed by atoms with van der Waals surface area (Å²) in [5.41, 5.74) is 3.11. The van der Waals surface area contributed by atoms with Crippen LogP contribution in [0.5, 0.6) is 0 Å². The van der Waals surface area contributed by atoms with Gasteiger partial charge in [-0.1, -0.05) is 23.4 Å². The van der Waals surface area contributed by atoms with Crippen molar-refractivity contribution in [2.75, 3.05) is 38.0 Å². The van der Waals surface area contributed by atoms with Crippen molar-refractivity contribution in [3.05, 3.63) is 41.0 Å². The molecule has 1 saturated heterocycles. The van der Waals surface area contributed by atoms with Gasteiger partial charge < -0.3 is 9.84 Å². The van der Waals surface area contributed by atoms with Gasteiger partial charge in [0.05, 0.1) is 12.6 Å². The summed E-state index contributed by atoms with van der Waals surface area (Å²) in [5.74, 6) is 1.36. The van der Waals surface area contributed by atoms with Crippen LogP contribution in [0.4, 0.5) is 5.69 Å². The number of hydrogen-bond donors (Lipinski definition) is 1. The molecule has 0 aliphatic carbocycles. The predicted molar refractivity (Wildman–Crippen MR) is 100 cm³/mol. The van der Waals surface area contributed by atoms with Crippen LogP contribution in [0.2, 0.25) is 0 Å². The van der Waals surface area contributed by atoms with E-state index in [4.69, 9.17) is 4.52 Å². The Morgan fingerprint density at radius 1 is 1.19 bits per heavy atom. The number of benzene rings is 1. The molecule has 7 nitrogen and oxygen atoms in total. The van der Waals surface area contributed by atoms with Gasteiger partial charge in [0, 0.05) is 31.9 Å². The molecule has 1 atom stereocenters. The maximum Gasteiger partial charge on any atom is 0.243 e. The van der Waals surface area contributed by atoms with E-state index in [2.05, 4.69) is 32.2 Å². The lowest BCUT2D eigenvalue weighted by Crippen LogP contribution is -2.49. The highest BCUT2D eigenvalue weighted by Gasteiger charge is 2.26. The summed E-state index contributed by atoms with van der Waals surface area (Å²) in [7, 11) is 0. The highest BCUT2D eigenvalue weighted by molar-refractivity contribution is 5.93. The smallest absolute Gasteiger partial charge is 0.243 e. The van der Waals surface area contributed by atoms with E-state index in [1.807, 2.05) is 39.0 Å². The number of aromatic nitrogens is 2. The molecule has 140 valence electrons. The second-order valence-electron chi connectivity index (χ2n) is 6.98. The molecule has 1 aromatic heterocycles. The average molecular weight is 357 g/mol. The minimum Gasteiger partial charge on any atom is -0.338 e. The number of carbonyl (C=O) groups is 1. The number of anilines is 1. The number of piperazine rings is 1. The first-order valence-corrected chi connectivity index (χ1v) is 9.06. The molecule has 1 amide bonds. The van der Waals surface area contributed by atoms with E-state index in [-0.39, 0.29) is 11.9 Å². The first-order chi connectivity index (χ1) is 12.4. The molecule has 1 aliphatic rings. The fourth-order valence-corrected chi connectivity index (χ4v) is 3.34. The predicted octanol–water partition coefficient (Wildman–Crippen LogP) is 2.31. The summed E-state index contributed by atoms with van der Waals surface area (Å²) in [6.45, 7) is 11.8. The van der Waals surface area contributed by atoms with Gasteiger partial charge in [-0.15, -0.1) is 0 Å². The van der Waals surface area contributed by atoms with Crippen LogP contribution in [0.25, 0.3) is 0 Å². The Balaban J connectivity index is 1.50. The van der Waals surface area contributed by atoms with Crippen molar-refractivity contribution >= 4 is 11.6 Å². The Morgan fingerprint density at radius 2 is 1.85 bits per heavy atom. The lowest BCUT2D eigenvalue weighted by molar-refractivity contribution is -0.117. The fourth-order valence-electron chi connectivity index (χ4n) is 3.34. The summed E-state index contributed by atoms with van der Waals surface area (Å²) in [6, 6.07) is 6.14. The normalized spacial score (nSPS) is 17.2. The van der Waals surface area contributed by atoms with E-state index in [9.17, 15) is 4.79 Å². The van der Waals surface area contributed by atoms with Crippen LogP contribution in [0.1, 0.15) is 35.8 Å². The molecular formula is C19H27N5O2. The van der Waals surface area contributed by atoms with Gasteiger partial charge in [-0.2, -0.15) is 4.98 Å². The molecule has 0 unspecified atom stereocenters. The van der Waals surface area contributed by atoms with Crippen molar-refractivity contribution in [1.29, 1.82) is 0 Å². The van der Waals surface area contributed by atoms with E-state index >= 15 is 0 Å². The molecule has 0 radical (unpaired) electrons.